The van der Waals surface area contributed by atoms with Crippen LogP contribution in [-0.2, 0) is 6.54 Å². The van der Waals surface area contributed by atoms with E-state index in [4.69, 9.17) is 0 Å². The molecule has 0 radical (unpaired) electrons. The third-order valence-corrected chi connectivity index (χ3v) is 5.24. The lowest BCUT2D eigenvalue weighted by molar-refractivity contribution is -0.384. The number of nitrogens with zero attached hydrogens (tertiary/aromatic N) is 3. The first-order valence-corrected chi connectivity index (χ1v) is 8.86. The van der Waals surface area contributed by atoms with Gasteiger partial charge in [0.15, 0.2) is 0 Å². The molecule has 0 unspecified atom stereocenters. The molecular weight excluding hydrogens is 350 g/mol. The highest BCUT2D eigenvalue weighted by atomic mass is 32.1. The Kier molecular flexibility index (Phi) is 4.90. The molecule has 0 saturated heterocycles. The van der Waals surface area contributed by atoms with Crippen molar-refractivity contribution in [3.05, 3.63) is 69.1 Å². The topological polar surface area (TPSA) is 66.7 Å². The minimum absolute atomic E-state index is 0.0311. The van der Waals surface area contributed by atoms with Crippen LogP contribution in [0.3, 0.4) is 0 Å². The van der Waals surface area contributed by atoms with Crippen LogP contribution in [0.1, 0.15) is 15.2 Å². The number of hydrogen-bond donors (Lipinski definition) is 0. The van der Waals surface area contributed by atoms with Crippen molar-refractivity contribution in [1.29, 1.82) is 0 Å². The fourth-order valence-electron chi connectivity index (χ4n) is 2.68. The van der Waals surface area contributed by atoms with E-state index in [9.17, 15) is 14.9 Å². The van der Waals surface area contributed by atoms with E-state index in [1.807, 2.05) is 43.3 Å². The zero-order valence-corrected chi connectivity index (χ0v) is 15.6. The molecule has 2 aromatic carbocycles. The van der Waals surface area contributed by atoms with Gasteiger partial charge in [-0.25, -0.2) is 0 Å². The van der Waals surface area contributed by atoms with E-state index in [1.54, 1.807) is 24.1 Å². The summed E-state index contributed by atoms with van der Waals surface area (Å²) < 4.78 is 0.864. The molecule has 134 valence electrons. The van der Waals surface area contributed by atoms with Gasteiger partial charge in [-0.2, -0.15) is 0 Å². The maximum absolute atomic E-state index is 12.7. The summed E-state index contributed by atoms with van der Waals surface area (Å²) in [5, 5.41) is 11.6. The van der Waals surface area contributed by atoms with E-state index in [0.717, 1.165) is 21.3 Å². The number of carbonyl (C=O) groups excluding carboxylic acids is 1. The van der Waals surface area contributed by atoms with Crippen LogP contribution in [0.4, 0.5) is 11.4 Å². The van der Waals surface area contributed by atoms with Crippen LogP contribution in [0.5, 0.6) is 0 Å². The Morgan fingerprint density at radius 3 is 2.38 bits per heavy atom. The summed E-state index contributed by atoms with van der Waals surface area (Å²) in [6, 6.07) is 14.4. The molecule has 6 nitrogen and oxygen atoms in total. The van der Waals surface area contributed by atoms with Crippen molar-refractivity contribution in [1.82, 2.24) is 4.90 Å². The van der Waals surface area contributed by atoms with Gasteiger partial charge >= 0.3 is 0 Å². The Hall–Kier alpha value is -2.93. The van der Waals surface area contributed by atoms with Crippen LogP contribution in [0.2, 0.25) is 0 Å². The second kappa shape index (κ2) is 7.13. The van der Waals surface area contributed by atoms with E-state index in [1.165, 1.54) is 23.5 Å². The van der Waals surface area contributed by atoms with Crippen molar-refractivity contribution in [3.63, 3.8) is 0 Å². The number of amides is 1. The largest absolute Gasteiger partial charge is 0.378 e. The molecule has 0 atom stereocenters. The fourth-order valence-corrected chi connectivity index (χ4v) is 3.72. The molecule has 0 aliphatic carbocycles. The Morgan fingerprint density at radius 2 is 1.77 bits per heavy atom. The predicted octanol–water partition coefficient (Wildman–Crippen LogP) is 4.15. The molecule has 26 heavy (non-hydrogen) atoms. The zero-order valence-electron chi connectivity index (χ0n) is 14.8. The highest BCUT2D eigenvalue weighted by molar-refractivity contribution is 7.20. The van der Waals surface area contributed by atoms with Gasteiger partial charge in [0.25, 0.3) is 11.6 Å². The molecule has 0 aliphatic heterocycles. The Balaban J connectivity index is 1.77. The lowest BCUT2D eigenvalue weighted by Crippen LogP contribution is -2.25. The summed E-state index contributed by atoms with van der Waals surface area (Å²) >= 11 is 1.35. The van der Waals surface area contributed by atoms with Gasteiger partial charge in [0.05, 0.1) is 9.80 Å². The lowest BCUT2D eigenvalue weighted by Gasteiger charge is -2.17. The molecule has 7 heteroatoms. The minimum atomic E-state index is -0.428. The van der Waals surface area contributed by atoms with Crippen molar-refractivity contribution >= 4 is 38.7 Å². The van der Waals surface area contributed by atoms with Gasteiger partial charge in [0.2, 0.25) is 0 Å². The van der Waals surface area contributed by atoms with Crippen molar-refractivity contribution in [2.45, 2.75) is 6.54 Å². The van der Waals surface area contributed by atoms with Gasteiger partial charge in [-0.3, -0.25) is 14.9 Å². The summed E-state index contributed by atoms with van der Waals surface area (Å²) in [6.45, 7) is 0.501. The van der Waals surface area contributed by atoms with Crippen LogP contribution in [-0.4, -0.2) is 36.9 Å². The first-order valence-electron chi connectivity index (χ1n) is 8.05. The summed E-state index contributed by atoms with van der Waals surface area (Å²) in [4.78, 5) is 27.4. The number of benzene rings is 2. The lowest BCUT2D eigenvalue weighted by atomic mass is 10.2. The van der Waals surface area contributed by atoms with Crippen molar-refractivity contribution in [2.24, 2.45) is 0 Å². The van der Waals surface area contributed by atoms with E-state index < -0.39 is 4.92 Å². The minimum Gasteiger partial charge on any atom is -0.378 e. The quantitative estimate of drug-likeness (QED) is 0.501. The molecule has 1 heterocycles. The zero-order chi connectivity index (χ0) is 18.8. The molecule has 1 aromatic heterocycles. The van der Waals surface area contributed by atoms with Gasteiger partial charge < -0.3 is 9.80 Å². The van der Waals surface area contributed by atoms with Gasteiger partial charge in [-0.15, -0.1) is 11.3 Å². The average molecular weight is 369 g/mol. The number of thiophene rings is 1. The first kappa shape index (κ1) is 17.9. The number of carbonyl (C=O) groups is 1. The smallest absolute Gasteiger partial charge is 0.270 e. The predicted molar refractivity (Wildman–Crippen MR) is 105 cm³/mol. The Labute approximate surface area is 155 Å². The van der Waals surface area contributed by atoms with Crippen LogP contribution >= 0.6 is 11.3 Å². The number of hydrogen-bond acceptors (Lipinski definition) is 5. The maximum atomic E-state index is 12.7. The molecule has 1 amide bonds. The van der Waals surface area contributed by atoms with Crippen LogP contribution in [0, 0.1) is 10.1 Å². The van der Waals surface area contributed by atoms with E-state index in [0.29, 0.717) is 11.4 Å². The molecule has 0 saturated carbocycles. The van der Waals surface area contributed by atoms with Gasteiger partial charge in [-0.1, -0.05) is 12.1 Å². The second-order valence-corrected chi connectivity index (χ2v) is 7.40. The first-order chi connectivity index (χ1) is 12.3. The number of nitro groups is 1. The average Bonchev–Trinajstić information content (AvgIpc) is 3.04. The van der Waals surface area contributed by atoms with E-state index >= 15 is 0 Å². The molecule has 0 bridgehead atoms. The Morgan fingerprint density at radius 1 is 1.08 bits per heavy atom. The maximum Gasteiger partial charge on any atom is 0.270 e. The molecule has 0 N–H and O–H groups in total. The highest BCUT2D eigenvalue weighted by Crippen LogP contribution is 2.29. The highest BCUT2D eigenvalue weighted by Gasteiger charge is 2.17. The molecular formula is C19H19N3O3S. The van der Waals surface area contributed by atoms with Gasteiger partial charge in [0.1, 0.15) is 0 Å². The van der Waals surface area contributed by atoms with E-state index in [2.05, 4.69) is 0 Å². The summed E-state index contributed by atoms with van der Waals surface area (Å²) in [7, 11) is 5.72. The standard InChI is InChI=1S/C19H19N3O3S/c1-20(2)15-6-4-13(5-7-15)12-21(3)19(23)18-11-14-10-16(22(24)25)8-9-17(14)26-18/h4-11H,12H2,1-3H3. The van der Waals surface area contributed by atoms with Crippen molar-refractivity contribution in [3.8, 4) is 0 Å². The molecule has 0 aliphatic rings. The second-order valence-electron chi connectivity index (χ2n) is 6.31. The normalized spacial score (nSPS) is 10.7. The SMILES string of the molecule is CN(Cc1ccc(N(C)C)cc1)C(=O)c1cc2cc([N+](=O)[O-])ccc2s1. The molecule has 0 spiro atoms. The third-order valence-electron chi connectivity index (χ3n) is 4.14. The van der Waals surface area contributed by atoms with Gasteiger partial charge in [0, 0.05) is 55.6 Å². The molecule has 3 rings (SSSR count). The summed E-state index contributed by atoms with van der Waals surface area (Å²) in [6.07, 6.45) is 0. The summed E-state index contributed by atoms with van der Waals surface area (Å²) in [5.41, 5.74) is 2.18. The number of nitro benzene ring substituents is 1. The number of rotatable bonds is 5. The van der Waals surface area contributed by atoms with Crippen LogP contribution in [0.15, 0.2) is 48.5 Å². The molecule has 3 aromatic rings. The monoisotopic (exact) mass is 369 g/mol. The van der Waals surface area contributed by atoms with Crippen LogP contribution < -0.4 is 4.90 Å². The van der Waals surface area contributed by atoms with E-state index in [-0.39, 0.29) is 11.6 Å². The fraction of sp³-hybridized carbons (Fsp3) is 0.211. The van der Waals surface area contributed by atoms with Crippen LogP contribution in [0.25, 0.3) is 10.1 Å². The van der Waals surface area contributed by atoms with Crippen molar-refractivity contribution in [2.75, 3.05) is 26.0 Å². The Bertz CT molecular complexity index is 964. The molecule has 0 fully saturated rings. The number of non-ortho nitro benzene ring substituents is 1. The number of fused-ring (bicyclic) bond motifs is 1. The third kappa shape index (κ3) is 3.67. The van der Waals surface area contributed by atoms with Crippen molar-refractivity contribution < 1.29 is 9.72 Å². The van der Waals surface area contributed by atoms with Gasteiger partial charge in [-0.05, 0) is 29.8 Å². The summed E-state index contributed by atoms with van der Waals surface area (Å²) in [5.74, 6) is -0.0921. The number of anilines is 1.